The molecule has 30 heavy (non-hydrogen) atoms. The van der Waals surface area contributed by atoms with Crippen molar-refractivity contribution in [3.8, 4) is 0 Å². The summed E-state index contributed by atoms with van der Waals surface area (Å²) in [6.45, 7) is 7.18. The van der Waals surface area contributed by atoms with Gasteiger partial charge in [0.05, 0.1) is 17.2 Å². The van der Waals surface area contributed by atoms with E-state index in [0.29, 0.717) is 25.6 Å². The van der Waals surface area contributed by atoms with E-state index in [4.69, 9.17) is 21.7 Å². The third-order valence-electron chi connectivity index (χ3n) is 4.63. The highest BCUT2D eigenvalue weighted by Gasteiger charge is 2.26. The van der Waals surface area contributed by atoms with Gasteiger partial charge in [-0.2, -0.15) is 0 Å². The number of likely N-dealkylation sites (tertiary alicyclic amines) is 1. The third kappa shape index (κ3) is 7.71. The van der Waals surface area contributed by atoms with Crippen LogP contribution in [0.2, 0.25) is 0 Å². The summed E-state index contributed by atoms with van der Waals surface area (Å²) >= 11 is 5.08. The van der Waals surface area contributed by atoms with Crippen molar-refractivity contribution in [2.45, 2.75) is 50.5 Å². The van der Waals surface area contributed by atoms with Crippen molar-refractivity contribution in [3.63, 3.8) is 0 Å². The maximum atomic E-state index is 14.1. The second-order valence-electron chi connectivity index (χ2n) is 8.37. The van der Waals surface area contributed by atoms with Crippen molar-refractivity contribution in [2.75, 3.05) is 31.3 Å². The van der Waals surface area contributed by atoms with E-state index in [1.807, 2.05) is 20.8 Å². The fourth-order valence-electron chi connectivity index (χ4n) is 3.02. The van der Waals surface area contributed by atoms with Crippen molar-refractivity contribution in [1.29, 1.82) is 0 Å². The van der Waals surface area contributed by atoms with Gasteiger partial charge in [0.2, 0.25) is 0 Å². The van der Waals surface area contributed by atoms with E-state index < -0.39 is 21.3 Å². The predicted octanol–water partition coefficient (Wildman–Crippen LogP) is 3.98. The Morgan fingerprint density at radius 1 is 1.30 bits per heavy atom. The molecule has 10 heteroatoms. The van der Waals surface area contributed by atoms with Crippen LogP contribution in [0.1, 0.15) is 40.0 Å². The van der Waals surface area contributed by atoms with Gasteiger partial charge in [-0.25, -0.2) is 17.6 Å². The molecule has 0 aromatic heterocycles. The lowest BCUT2D eigenvalue weighted by Gasteiger charge is -2.33. The molecule has 1 aliphatic heterocycles. The molecule has 0 spiro atoms. The van der Waals surface area contributed by atoms with Gasteiger partial charge in [0.1, 0.15) is 11.4 Å². The van der Waals surface area contributed by atoms with Crippen molar-refractivity contribution in [3.05, 3.63) is 24.0 Å². The number of hydrogen-bond donors (Lipinski definition) is 1. The van der Waals surface area contributed by atoms with E-state index in [1.54, 1.807) is 4.90 Å². The Labute approximate surface area is 182 Å². The van der Waals surface area contributed by atoms with Gasteiger partial charge in [0.25, 0.3) is 5.17 Å². The smallest absolute Gasteiger partial charge is 0.410 e. The molecule has 1 fully saturated rings. The summed E-state index contributed by atoms with van der Waals surface area (Å²) in [6.07, 6.45) is 3.20. The summed E-state index contributed by atoms with van der Waals surface area (Å²) in [5.41, 5.74) is -0.451. The van der Waals surface area contributed by atoms with Gasteiger partial charge in [-0.1, -0.05) is 0 Å². The number of nitrogens with one attached hydrogen (secondary N) is 1. The van der Waals surface area contributed by atoms with Gasteiger partial charge in [-0.15, -0.1) is 0 Å². The van der Waals surface area contributed by atoms with Crippen molar-refractivity contribution in [1.82, 2.24) is 4.90 Å². The fourth-order valence-corrected chi connectivity index (χ4v) is 3.85. The van der Waals surface area contributed by atoms with Crippen LogP contribution in [-0.4, -0.2) is 56.1 Å². The zero-order chi connectivity index (χ0) is 22.5. The molecular weight excluding hydrogens is 431 g/mol. The predicted molar refractivity (Wildman–Crippen MR) is 117 cm³/mol. The molecule has 2 rings (SSSR count). The van der Waals surface area contributed by atoms with Crippen molar-refractivity contribution in [2.24, 2.45) is 5.92 Å². The first-order chi connectivity index (χ1) is 13.8. The van der Waals surface area contributed by atoms with Crippen LogP contribution in [-0.2, 0) is 19.3 Å². The molecule has 0 radical (unpaired) electrons. The molecule has 1 saturated heterocycles. The lowest BCUT2D eigenvalue weighted by Crippen LogP contribution is -2.41. The SMILES string of the molecule is CC(C)(C)OC(=O)N1CCC(CCOC(=S)Nc2ccc(S(C)(=O)=O)cc2F)CC1. The van der Waals surface area contributed by atoms with E-state index in [2.05, 4.69) is 5.32 Å². The Kier molecular flexibility index (Phi) is 8.04. The normalized spacial score (nSPS) is 15.6. The molecule has 1 aliphatic rings. The highest BCUT2D eigenvalue weighted by Crippen LogP contribution is 2.23. The van der Waals surface area contributed by atoms with Crippen LogP contribution < -0.4 is 5.32 Å². The molecule has 168 valence electrons. The number of anilines is 1. The second-order valence-corrected chi connectivity index (χ2v) is 10.8. The highest BCUT2D eigenvalue weighted by atomic mass is 32.2. The number of nitrogens with zero attached hydrogens (tertiary/aromatic N) is 1. The molecular formula is C20H29FN2O5S2. The van der Waals surface area contributed by atoms with E-state index in [0.717, 1.165) is 31.6 Å². The summed E-state index contributed by atoms with van der Waals surface area (Å²) < 4.78 is 47.9. The fraction of sp³-hybridized carbons (Fsp3) is 0.600. The van der Waals surface area contributed by atoms with E-state index >= 15 is 0 Å². The standard InChI is InChI=1S/C20H29FN2O5S2/c1-20(2,3)28-19(24)23-10-7-14(8-11-23)9-12-27-18(29)22-17-6-5-15(13-16(17)21)30(4,25)26/h5-6,13-14H,7-12H2,1-4H3,(H,22,29). The second kappa shape index (κ2) is 9.91. The topological polar surface area (TPSA) is 84.9 Å². The summed E-state index contributed by atoms with van der Waals surface area (Å²) in [5, 5.41) is 2.66. The monoisotopic (exact) mass is 460 g/mol. The average molecular weight is 461 g/mol. The third-order valence-corrected chi connectivity index (χ3v) is 5.96. The minimum Gasteiger partial charge on any atom is -0.471 e. The van der Waals surface area contributed by atoms with Crippen LogP contribution >= 0.6 is 12.2 Å². The number of rotatable bonds is 5. The molecule has 0 atom stereocenters. The van der Waals surface area contributed by atoms with Gasteiger partial charge < -0.3 is 19.7 Å². The molecule has 1 aromatic rings. The number of carbonyl (C=O) groups is 1. The number of piperidine rings is 1. The Morgan fingerprint density at radius 2 is 1.93 bits per heavy atom. The number of ether oxygens (including phenoxy) is 2. The first-order valence-corrected chi connectivity index (χ1v) is 12.1. The number of thiocarbonyl (C=S) groups is 1. The van der Waals surface area contributed by atoms with Crippen LogP contribution in [0, 0.1) is 11.7 Å². The van der Waals surface area contributed by atoms with Gasteiger partial charge in [-0.05, 0) is 76.4 Å². The molecule has 1 aromatic carbocycles. The molecule has 0 aliphatic carbocycles. The summed E-state index contributed by atoms with van der Waals surface area (Å²) in [7, 11) is -3.48. The number of amides is 1. The van der Waals surface area contributed by atoms with Gasteiger partial charge in [0, 0.05) is 19.3 Å². The Bertz CT molecular complexity index is 876. The number of benzene rings is 1. The van der Waals surface area contributed by atoms with Gasteiger partial charge >= 0.3 is 6.09 Å². The average Bonchev–Trinajstić information content (AvgIpc) is 2.61. The number of hydrogen-bond acceptors (Lipinski definition) is 6. The zero-order valence-electron chi connectivity index (χ0n) is 17.7. The Morgan fingerprint density at radius 3 is 2.47 bits per heavy atom. The molecule has 0 unspecified atom stereocenters. The molecule has 0 bridgehead atoms. The largest absolute Gasteiger partial charge is 0.471 e. The first-order valence-electron chi connectivity index (χ1n) is 9.76. The molecule has 0 saturated carbocycles. The number of carbonyl (C=O) groups excluding carboxylic acids is 1. The summed E-state index contributed by atoms with van der Waals surface area (Å²) in [4.78, 5) is 13.7. The summed E-state index contributed by atoms with van der Waals surface area (Å²) in [6, 6.07) is 3.56. The number of sulfone groups is 1. The van der Waals surface area contributed by atoms with Crippen LogP contribution in [0.4, 0.5) is 14.9 Å². The van der Waals surface area contributed by atoms with Crippen molar-refractivity contribution >= 4 is 39.0 Å². The molecule has 1 N–H and O–H groups in total. The van der Waals surface area contributed by atoms with Crippen LogP contribution in [0.5, 0.6) is 0 Å². The van der Waals surface area contributed by atoms with E-state index in [9.17, 15) is 17.6 Å². The van der Waals surface area contributed by atoms with Crippen LogP contribution in [0.15, 0.2) is 23.1 Å². The Balaban J connectivity index is 1.73. The minimum absolute atomic E-state index is 0.0206. The van der Waals surface area contributed by atoms with E-state index in [1.165, 1.54) is 12.1 Å². The quantitative estimate of drug-likeness (QED) is 0.665. The van der Waals surface area contributed by atoms with Gasteiger partial charge in [-0.3, -0.25) is 0 Å². The summed E-state index contributed by atoms with van der Waals surface area (Å²) in [5.74, 6) is -0.323. The molecule has 1 amide bonds. The lowest BCUT2D eigenvalue weighted by molar-refractivity contribution is 0.0177. The van der Waals surface area contributed by atoms with Crippen molar-refractivity contribution < 1.29 is 27.1 Å². The maximum absolute atomic E-state index is 14.1. The van der Waals surface area contributed by atoms with Gasteiger partial charge in [0.15, 0.2) is 9.84 Å². The zero-order valence-corrected chi connectivity index (χ0v) is 19.4. The van der Waals surface area contributed by atoms with Crippen LogP contribution in [0.25, 0.3) is 0 Å². The highest BCUT2D eigenvalue weighted by molar-refractivity contribution is 7.90. The first kappa shape index (κ1) is 24.3. The van der Waals surface area contributed by atoms with E-state index in [-0.39, 0.29) is 21.9 Å². The molecule has 1 heterocycles. The number of halogens is 1. The Hall–Kier alpha value is -1.94. The van der Waals surface area contributed by atoms with Crippen LogP contribution in [0.3, 0.4) is 0 Å². The molecule has 7 nitrogen and oxygen atoms in total. The maximum Gasteiger partial charge on any atom is 0.410 e. The minimum atomic E-state index is -3.48. The lowest BCUT2D eigenvalue weighted by atomic mass is 9.94.